The molecule has 1 aromatic carbocycles. The summed E-state index contributed by atoms with van der Waals surface area (Å²) >= 11 is 0. The summed E-state index contributed by atoms with van der Waals surface area (Å²) in [5.74, 6) is -3.18. The van der Waals surface area contributed by atoms with Crippen LogP contribution in [0.3, 0.4) is 0 Å². The van der Waals surface area contributed by atoms with Crippen molar-refractivity contribution in [2.24, 2.45) is 11.8 Å². The second kappa shape index (κ2) is 15.3. The lowest BCUT2D eigenvalue weighted by Gasteiger charge is -2.40. The summed E-state index contributed by atoms with van der Waals surface area (Å²) in [6.07, 6.45) is 13.4. The molecule has 1 saturated carbocycles. The van der Waals surface area contributed by atoms with Gasteiger partial charge in [0.15, 0.2) is 0 Å². The number of fused-ring (bicyclic) bond motifs is 2. The monoisotopic (exact) mass is 663 g/mol. The van der Waals surface area contributed by atoms with Gasteiger partial charge in [-0.15, -0.1) is 0 Å². The van der Waals surface area contributed by atoms with Crippen molar-refractivity contribution in [2.45, 2.75) is 100 Å². The number of likely N-dealkylation sites (tertiary alicyclic amines) is 1. The molecule has 3 fully saturated rings. The van der Waals surface area contributed by atoms with E-state index in [1.165, 1.54) is 7.11 Å². The maximum atomic E-state index is 14.9. The standard InChI is InChI=1S/C37H49N3O8/c1-46-24-27-32(25-14-6-2-7-15-25)47-36(45)30-28-19-20-37(48-28)31(30)34(43)40(22-12-5-13-23-41)33(37)35(44)39(26-16-8-3-9-17-26)21-11-4-10-18-29(42)38-27/h2,4,6-7,11,14-15,19-20,26-28,30-33,41H,3,5,8-10,12-13,16-18,21-24H2,1H3,(H,38,42)/b11-4-/t27-,28+,30-,31-,32-,33+,37-/m1/s1. The van der Waals surface area contributed by atoms with Crippen molar-refractivity contribution in [1.82, 2.24) is 15.1 Å². The van der Waals surface area contributed by atoms with Crippen molar-refractivity contribution < 1.29 is 38.5 Å². The number of nitrogens with one attached hydrogen (secondary N) is 1. The molecular weight excluding hydrogens is 614 g/mol. The van der Waals surface area contributed by atoms with Crippen LogP contribution < -0.4 is 5.32 Å². The Morgan fingerprint density at radius 3 is 2.54 bits per heavy atom. The maximum absolute atomic E-state index is 14.9. The van der Waals surface area contributed by atoms with Gasteiger partial charge in [0.1, 0.15) is 23.7 Å². The molecule has 1 aromatic rings. The molecular formula is C37H49N3O8. The quantitative estimate of drug-likeness (QED) is 0.234. The number of aliphatic hydroxyl groups excluding tert-OH is 1. The van der Waals surface area contributed by atoms with Crippen molar-refractivity contribution in [3.63, 3.8) is 0 Å². The molecule has 3 amide bonds. The Labute approximate surface area is 282 Å². The third-order valence-electron chi connectivity index (χ3n) is 10.7. The van der Waals surface area contributed by atoms with Crippen LogP contribution in [0.2, 0.25) is 0 Å². The zero-order valence-electron chi connectivity index (χ0n) is 27.8. The third kappa shape index (κ3) is 6.69. The molecule has 0 aromatic heterocycles. The van der Waals surface area contributed by atoms with E-state index >= 15 is 0 Å². The maximum Gasteiger partial charge on any atom is 0.313 e. The van der Waals surface area contributed by atoms with Crippen molar-refractivity contribution in [1.29, 1.82) is 0 Å². The van der Waals surface area contributed by atoms with E-state index in [0.717, 1.165) is 32.1 Å². The highest BCUT2D eigenvalue weighted by Gasteiger charge is 2.73. The average Bonchev–Trinajstić information content (AvgIpc) is 3.74. The highest BCUT2D eigenvalue weighted by molar-refractivity contribution is 5.99. The first-order valence-electron chi connectivity index (χ1n) is 17.7. The van der Waals surface area contributed by atoms with Crippen LogP contribution >= 0.6 is 0 Å². The zero-order valence-corrected chi connectivity index (χ0v) is 27.8. The molecule has 2 N–H and O–H groups in total. The molecule has 0 unspecified atom stereocenters. The van der Waals surface area contributed by atoms with Gasteiger partial charge in [-0.25, -0.2) is 0 Å². The number of amides is 3. The molecule has 5 bridgehead atoms. The normalized spacial score (nSPS) is 33.5. The van der Waals surface area contributed by atoms with Crippen molar-refractivity contribution >= 4 is 23.7 Å². The highest BCUT2D eigenvalue weighted by Crippen LogP contribution is 2.56. The average molecular weight is 664 g/mol. The topological polar surface area (TPSA) is 135 Å². The first-order chi connectivity index (χ1) is 23.4. The molecule has 4 aliphatic heterocycles. The highest BCUT2D eigenvalue weighted by atomic mass is 16.6. The fourth-order valence-electron chi connectivity index (χ4n) is 8.41. The molecule has 5 aliphatic rings. The summed E-state index contributed by atoms with van der Waals surface area (Å²) < 4.78 is 18.4. The predicted molar refractivity (Wildman–Crippen MR) is 176 cm³/mol. The minimum atomic E-state index is -1.30. The summed E-state index contributed by atoms with van der Waals surface area (Å²) in [4.78, 5) is 60.5. The van der Waals surface area contributed by atoms with Crippen molar-refractivity contribution in [3.8, 4) is 0 Å². The third-order valence-corrected chi connectivity index (χ3v) is 10.7. The van der Waals surface area contributed by atoms with E-state index in [0.29, 0.717) is 44.3 Å². The van der Waals surface area contributed by atoms with Gasteiger partial charge < -0.3 is 34.4 Å². The van der Waals surface area contributed by atoms with Crippen molar-refractivity contribution in [2.75, 3.05) is 33.4 Å². The van der Waals surface area contributed by atoms with Gasteiger partial charge in [0.2, 0.25) is 17.7 Å². The van der Waals surface area contributed by atoms with Crippen LogP contribution in [0.15, 0.2) is 54.6 Å². The number of nitrogens with zero attached hydrogens (tertiary/aromatic N) is 2. The van der Waals surface area contributed by atoms with E-state index in [2.05, 4.69) is 5.32 Å². The summed E-state index contributed by atoms with van der Waals surface area (Å²) in [6, 6.07) is 7.61. The van der Waals surface area contributed by atoms with Crippen molar-refractivity contribution in [3.05, 3.63) is 60.2 Å². The Hall–Kier alpha value is -3.54. The van der Waals surface area contributed by atoms with Gasteiger partial charge in [-0.3, -0.25) is 19.2 Å². The number of carbonyl (C=O) groups excluding carboxylic acids is 4. The zero-order chi connectivity index (χ0) is 33.7. The molecule has 1 spiro atoms. The fourth-order valence-corrected chi connectivity index (χ4v) is 8.41. The first-order valence-corrected chi connectivity index (χ1v) is 17.7. The van der Waals surface area contributed by atoms with Gasteiger partial charge in [0.05, 0.1) is 24.7 Å². The molecule has 6 rings (SSSR count). The van der Waals surface area contributed by atoms with Crippen LogP contribution in [0, 0.1) is 11.8 Å². The molecule has 260 valence electrons. The lowest BCUT2D eigenvalue weighted by Crippen LogP contribution is -2.58. The number of esters is 1. The van der Waals surface area contributed by atoms with Gasteiger partial charge in [0.25, 0.3) is 0 Å². The van der Waals surface area contributed by atoms with Gasteiger partial charge in [0, 0.05) is 39.3 Å². The van der Waals surface area contributed by atoms with E-state index in [1.54, 1.807) is 11.0 Å². The number of rotatable bonds is 9. The van der Waals surface area contributed by atoms with Gasteiger partial charge in [-0.2, -0.15) is 0 Å². The summed E-state index contributed by atoms with van der Waals surface area (Å²) in [5, 5.41) is 12.4. The van der Waals surface area contributed by atoms with Crippen LogP contribution in [0.5, 0.6) is 0 Å². The van der Waals surface area contributed by atoms with Crippen LogP contribution in [0.25, 0.3) is 0 Å². The second-order valence-corrected chi connectivity index (χ2v) is 13.7. The van der Waals surface area contributed by atoms with E-state index in [4.69, 9.17) is 14.2 Å². The minimum Gasteiger partial charge on any atom is -0.455 e. The Kier molecular flexibility index (Phi) is 11.0. The second-order valence-electron chi connectivity index (χ2n) is 13.7. The predicted octanol–water partition coefficient (Wildman–Crippen LogP) is 3.23. The number of unbranched alkanes of at least 4 members (excludes halogenated alkanes) is 2. The molecule has 11 nitrogen and oxygen atoms in total. The number of hydrogen-bond donors (Lipinski definition) is 2. The van der Waals surface area contributed by atoms with Gasteiger partial charge in [-0.05, 0) is 44.1 Å². The lowest BCUT2D eigenvalue weighted by atomic mass is 9.74. The number of carbonyl (C=O) groups is 4. The van der Waals surface area contributed by atoms with Crippen LogP contribution in [0.4, 0.5) is 0 Å². The number of allylic oxidation sites excluding steroid dienone is 1. The number of methoxy groups -OCH3 is 1. The van der Waals surface area contributed by atoms with E-state index in [-0.39, 0.29) is 43.4 Å². The largest absolute Gasteiger partial charge is 0.455 e. The Balaban J connectivity index is 1.41. The van der Waals surface area contributed by atoms with E-state index < -0.39 is 47.7 Å². The minimum absolute atomic E-state index is 0.0212. The smallest absolute Gasteiger partial charge is 0.313 e. The molecule has 1 aliphatic carbocycles. The number of hydrogen-bond acceptors (Lipinski definition) is 8. The Morgan fingerprint density at radius 2 is 1.79 bits per heavy atom. The van der Waals surface area contributed by atoms with E-state index in [1.807, 2.05) is 53.5 Å². The molecule has 48 heavy (non-hydrogen) atoms. The SMILES string of the molecule is COC[C@H]1NC(=O)CC/C=C\CN(C2CCCCC2)C(=O)[C@@H]2N(CCCCCO)C(=O)[C@H]3[C@H](C(=O)O[C@@H]1c1ccccc1)[C@@H]1C=C[C@]23O1. The molecule has 11 heteroatoms. The van der Waals surface area contributed by atoms with E-state index in [9.17, 15) is 24.3 Å². The van der Waals surface area contributed by atoms with Crippen LogP contribution in [-0.2, 0) is 33.4 Å². The lowest BCUT2D eigenvalue weighted by molar-refractivity contribution is -0.162. The van der Waals surface area contributed by atoms with Crippen LogP contribution in [0.1, 0.15) is 75.9 Å². The molecule has 4 heterocycles. The number of cyclic esters (lactones) is 1. The Bertz CT molecular complexity index is 1380. The van der Waals surface area contributed by atoms with Gasteiger partial charge in [-0.1, -0.05) is 73.9 Å². The van der Waals surface area contributed by atoms with Gasteiger partial charge >= 0.3 is 5.97 Å². The summed E-state index contributed by atoms with van der Waals surface area (Å²) in [5.41, 5.74) is -0.619. The fraction of sp³-hybridized carbons (Fsp3) is 0.622. The first kappa shape index (κ1) is 34.3. The Morgan fingerprint density at radius 1 is 1.00 bits per heavy atom. The number of ether oxygens (including phenoxy) is 3. The number of aliphatic hydroxyl groups is 1. The summed E-state index contributed by atoms with van der Waals surface area (Å²) in [7, 11) is 1.53. The molecule has 7 atom stereocenters. The molecule has 0 radical (unpaired) electrons. The molecule has 2 saturated heterocycles. The number of benzene rings is 1. The summed E-state index contributed by atoms with van der Waals surface area (Å²) in [6.45, 7) is 0.828. The van der Waals surface area contributed by atoms with Crippen LogP contribution in [-0.4, -0.2) is 102 Å².